The Morgan fingerprint density at radius 3 is 2.20 bits per heavy atom. The molecule has 41 heavy (non-hydrogen) atoms. The smallest absolute Gasteiger partial charge is 0.410 e. The number of amides is 2. The SMILES string of the molecule is CC(C)(C)OC(=O)NCCN(CCN(CCO[Si](C)(C)C(C)(C)C)c1ccn2ncc(Br)c2n1)C(=O)OC(C)(C)C. The molecule has 2 heterocycles. The minimum absolute atomic E-state index is 0.0894. The molecule has 0 aliphatic heterocycles. The minimum Gasteiger partial charge on any atom is -0.444 e. The molecular formula is C28H49BrN6O5Si. The number of fused-ring (bicyclic) bond motifs is 1. The van der Waals surface area contributed by atoms with Gasteiger partial charge in [-0.05, 0) is 81.7 Å². The summed E-state index contributed by atoms with van der Waals surface area (Å²) in [7, 11) is -1.95. The maximum absolute atomic E-state index is 13.1. The Hall–Kier alpha value is -2.38. The van der Waals surface area contributed by atoms with E-state index in [-0.39, 0.29) is 18.1 Å². The van der Waals surface area contributed by atoms with E-state index in [1.165, 1.54) is 0 Å². The molecule has 0 aliphatic carbocycles. The van der Waals surface area contributed by atoms with Crippen molar-refractivity contribution in [1.82, 2.24) is 24.8 Å². The molecule has 2 aromatic rings. The number of anilines is 1. The van der Waals surface area contributed by atoms with Crippen LogP contribution in [0.1, 0.15) is 62.3 Å². The van der Waals surface area contributed by atoms with Crippen LogP contribution in [0.15, 0.2) is 22.9 Å². The van der Waals surface area contributed by atoms with Gasteiger partial charge in [0.2, 0.25) is 0 Å². The van der Waals surface area contributed by atoms with E-state index in [1.54, 1.807) is 36.4 Å². The maximum Gasteiger partial charge on any atom is 0.410 e. The predicted molar refractivity (Wildman–Crippen MR) is 168 cm³/mol. The van der Waals surface area contributed by atoms with Gasteiger partial charge in [-0.25, -0.2) is 19.1 Å². The first-order chi connectivity index (χ1) is 18.7. The third-order valence-corrected chi connectivity index (χ3v) is 11.7. The van der Waals surface area contributed by atoms with Crippen LogP contribution < -0.4 is 10.2 Å². The Morgan fingerprint density at radius 1 is 0.976 bits per heavy atom. The topological polar surface area (TPSA) is 111 Å². The molecule has 0 saturated carbocycles. The molecule has 11 nitrogen and oxygen atoms in total. The Labute approximate surface area is 254 Å². The molecule has 0 unspecified atom stereocenters. The van der Waals surface area contributed by atoms with Gasteiger partial charge in [-0.2, -0.15) is 5.10 Å². The van der Waals surface area contributed by atoms with Crippen LogP contribution >= 0.6 is 15.9 Å². The molecule has 0 fully saturated rings. The first-order valence-electron chi connectivity index (χ1n) is 14.0. The normalized spacial score (nSPS) is 12.8. The van der Waals surface area contributed by atoms with Gasteiger partial charge in [0, 0.05) is 38.9 Å². The van der Waals surface area contributed by atoms with Crippen LogP contribution in [0, 0.1) is 0 Å². The van der Waals surface area contributed by atoms with Gasteiger partial charge in [0.15, 0.2) is 14.0 Å². The van der Waals surface area contributed by atoms with Crippen molar-refractivity contribution in [2.45, 2.75) is 91.6 Å². The molecule has 2 rings (SSSR count). The number of nitrogens with one attached hydrogen (secondary N) is 1. The summed E-state index contributed by atoms with van der Waals surface area (Å²) < 4.78 is 20.0. The molecule has 0 saturated heterocycles. The van der Waals surface area contributed by atoms with Crippen LogP contribution in [0.3, 0.4) is 0 Å². The van der Waals surface area contributed by atoms with Crippen LogP contribution in [0.5, 0.6) is 0 Å². The van der Waals surface area contributed by atoms with E-state index in [9.17, 15) is 9.59 Å². The van der Waals surface area contributed by atoms with Crippen LogP contribution in [0.4, 0.5) is 15.4 Å². The zero-order valence-corrected chi connectivity index (χ0v) is 29.2. The van der Waals surface area contributed by atoms with Crippen molar-refractivity contribution in [2.75, 3.05) is 44.2 Å². The number of nitrogens with zero attached hydrogens (tertiary/aromatic N) is 5. The summed E-state index contributed by atoms with van der Waals surface area (Å²) >= 11 is 3.52. The number of alkyl carbamates (subject to hydrolysis) is 1. The summed E-state index contributed by atoms with van der Waals surface area (Å²) in [5, 5.41) is 7.11. The zero-order valence-electron chi connectivity index (χ0n) is 26.6. The molecule has 232 valence electrons. The van der Waals surface area contributed by atoms with E-state index < -0.39 is 31.7 Å². The monoisotopic (exact) mass is 656 g/mol. The van der Waals surface area contributed by atoms with E-state index in [0.717, 1.165) is 10.3 Å². The Balaban J connectivity index is 2.22. The van der Waals surface area contributed by atoms with E-state index in [1.807, 2.05) is 33.0 Å². The van der Waals surface area contributed by atoms with Crippen LogP contribution in [-0.2, 0) is 13.9 Å². The lowest BCUT2D eigenvalue weighted by molar-refractivity contribution is 0.0245. The lowest BCUT2D eigenvalue weighted by Crippen LogP contribution is -2.46. The first-order valence-corrected chi connectivity index (χ1v) is 17.7. The fraction of sp³-hybridized carbons (Fsp3) is 0.714. The standard InChI is InChI=1S/C28H49BrN6O5Si/c1-26(2,3)39-24(36)30-13-15-34(25(37)40-27(4,5)6)17-16-33(18-19-38-41(10,11)28(7,8)9)22-12-14-35-23(32-22)21(29)20-31-35/h12,14,20H,13,15-19H2,1-11H3,(H,30,36). The van der Waals surface area contributed by atoms with Crippen LogP contribution in [-0.4, -0.2) is 90.5 Å². The number of rotatable bonds is 11. The minimum atomic E-state index is -1.95. The van der Waals surface area contributed by atoms with Crippen molar-refractivity contribution in [2.24, 2.45) is 0 Å². The molecule has 0 aromatic carbocycles. The van der Waals surface area contributed by atoms with Crippen molar-refractivity contribution in [3.8, 4) is 0 Å². The van der Waals surface area contributed by atoms with Gasteiger partial charge in [0.1, 0.15) is 17.0 Å². The van der Waals surface area contributed by atoms with Crippen molar-refractivity contribution >= 4 is 47.9 Å². The van der Waals surface area contributed by atoms with Crippen LogP contribution in [0.2, 0.25) is 18.1 Å². The summed E-state index contributed by atoms with van der Waals surface area (Å²) in [6, 6.07) is 1.90. The number of carbonyl (C=O) groups is 2. The second kappa shape index (κ2) is 13.7. The Morgan fingerprint density at radius 2 is 1.61 bits per heavy atom. The Kier molecular flexibility index (Phi) is 11.7. The second-order valence-corrected chi connectivity index (χ2v) is 19.2. The Bertz CT molecular complexity index is 1170. The van der Waals surface area contributed by atoms with Crippen molar-refractivity contribution in [3.05, 3.63) is 22.9 Å². The van der Waals surface area contributed by atoms with Gasteiger partial charge in [0.25, 0.3) is 0 Å². The molecule has 0 bridgehead atoms. The van der Waals surface area contributed by atoms with Crippen molar-refractivity contribution in [3.63, 3.8) is 0 Å². The fourth-order valence-electron chi connectivity index (χ4n) is 3.45. The van der Waals surface area contributed by atoms with E-state index in [0.29, 0.717) is 31.9 Å². The fourth-order valence-corrected chi connectivity index (χ4v) is 4.84. The third kappa shape index (κ3) is 11.4. The molecule has 2 aromatic heterocycles. The van der Waals surface area contributed by atoms with Gasteiger partial charge in [0.05, 0.1) is 17.3 Å². The van der Waals surface area contributed by atoms with Gasteiger partial charge in [-0.15, -0.1) is 0 Å². The largest absolute Gasteiger partial charge is 0.444 e. The molecular weight excluding hydrogens is 608 g/mol. The van der Waals surface area contributed by atoms with Crippen molar-refractivity contribution in [1.29, 1.82) is 0 Å². The van der Waals surface area contributed by atoms with Crippen LogP contribution in [0.25, 0.3) is 5.65 Å². The van der Waals surface area contributed by atoms with Gasteiger partial charge in [-0.1, -0.05) is 20.8 Å². The van der Waals surface area contributed by atoms with Gasteiger partial charge >= 0.3 is 12.2 Å². The number of carbonyl (C=O) groups excluding carboxylic acids is 2. The molecule has 13 heteroatoms. The summed E-state index contributed by atoms with van der Waals surface area (Å²) in [5.74, 6) is 0.744. The highest BCUT2D eigenvalue weighted by atomic mass is 79.9. The molecule has 0 aliphatic rings. The predicted octanol–water partition coefficient (Wildman–Crippen LogP) is 6.08. The highest BCUT2D eigenvalue weighted by Crippen LogP contribution is 2.36. The van der Waals surface area contributed by atoms with Crippen molar-refractivity contribution < 1.29 is 23.5 Å². The number of halogens is 1. The zero-order chi connectivity index (χ0) is 31.2. The summed E-state index contributed by atoms with van der Waals surface area (Å²) in [6.07, 6.45) is 2.58. The van der Waals surface area contributed by atoms with Gasteiger partial charge in [-0.3, -0.25) is 0 Å². The third-order valence-electron chi connectivity index (χ3n) is 6.61. The highest BCUT2D eigenvalue weighted by molar-refractivity contribution is 9.10. The number of hydrogen-bond acceptors (Lipinski definition) is 8. The molecule has 0 radical (unpaired) electrons. The average molecular weight is 658 g/mol. The second-order valence-electron chi connectivity index (χ2n) is 13.5. The number of aromatic nitrogens is 3. The van der Waals surface area contributed by atoms with E-state index in [2.05, 4.69) is 65.1 Å². The quantitative estimate of drug-likeness (QED) is 0.290. The summed E-state index contributed by atoms with van der Waals surface area (Å²) in [4.78, 5) is 33.8. The maximum atomic E-state index is 13.1. The summed E-state index contributed by atoms with van der Waals surface area (Å²) in [6.45, 7) is 24.4. The lowest BCUT2D eigenvalue weighted by Gasteiger charge is -2.37. The molecule has 1 N–H and O–H groups in total. The number of hydrogen-bond donors (Lipinski definition) is 1. The number of ether oxygens (including phenoxy) is 2. The summed E-state index contributed by atoms with van der Waals surface area (Å²) in [5.41, 5.74) is -0.574. The lowest BCUT2D eigenvalue weighted by atomic mass is 10.2. The van der Waals surface area contributed by atoms with E-state index in [4.69, 9.17) is 18.9 Å². The average Bonchev–Trinajstić information content (AvgIpc) is 3.16. The molecule has 0 spiro atoms. The first kappa shape index (κ1) is 34.8. The highest BCUT2D eigenvalue weighted by Gasteiger charge is 2.37. The van der Waals surface area contributed by atoms with Gasteiger partial charge < -0.3 is 29.0 Å². The van der Waals surface area contributed by atoms with E-state index >= 15 is 0 Å². The molecule has 2 amide bonds. The molecule has 0 atom stereocenters.